The van der Waals surface area contributed by atoms with Gasteiger partial charge in [0.1, 0.15) is 5.75 Å². The summed E-state index contributed by atoms with van der Waals surface area (Å²) in [7, 11) is 1.78. The Morgan fingerprint density at radius 2 is 1.92 bits per heavy atom. The molecule has 1 aliphatic rings. The standard InChI is InChI=1S/C21H35N3O2/c1-3-22-20(24-18-21(12-9-13-21)14-17-25-2)23-15-7-8-16-26-19-10-5-4-6-11-19/h4-6,10-11H,3,7-9,12-18H2,1-2H3,(H2,22,23,24). The normalized spacial score (nSPS) is 16.0. The van der Waals surface area contributed by atoms with Gasteiger partial charge in [-0.05, 0) is 56.6 Å². The third-order valence-electron chi connectivity index (χ3n) is 5.04. The minimum absolute atomic E-state index is 0.363. The zero-order valence-corrected chi connectivity index (χ0v) is 16.4. The van der Waals surface area contributed by atoms with Gasteiger partial charge in [-0.3, -0.25) is 4.99 Å². The van der Waals surface area contributed by atoms with Crippen LogP contribution in [-0.2, 0) is 4.74 Å². The van der Waals surface area contributed by atoms with Crippen LogP contribution in [0.3, 0.4) is 0 Å². The van der Waals surface area contributed by atoms with Crippen LogP contribution in [0.5, 0.6) is 5.75 Å². The minimum Gasteiger partial charge on any atom is -0.494 e. The lowest BCUT2D eigenvalue weighted by Gasteiger charge is -2.40. The van der Waals surface area contributed by atoms with Gasteiger partial charge in [0.05, 0.1) is 6.61 Å². The van der Waals surface area contributed by atoms with Crippen molar-refractivity contribution in [3.63, 3.8) is 0 Å². The predicted octanol–water partition coefficient (Wildman–Crippen LogP) is 3.61. The maximum absolute atomic E-state index is 5.73. The van der Waals surface area contributed by atoms with Gasteiger partial charge in [-0.15, -0.1) is 0 Å². The van der Waals surface area contributed by atoms with E-state index in [2.05, 4.69) is 17.6 Å². The Hall–Kier alpha value is -1.75. The SMILES string of the molecule is CCNC(=NCC1(CCOC)CCC1)NCCCCOc1ccccc1. The fourth-order valence-corrected chi connectivity index (χ4v) is 3.21. The number of nitrogens with zero attached hydrogens (tertiary/aromatic N) is 1. The lowest BCUT2D eigenvalue weighted by Crippen LogP contribution is -2.40. The second-order valence-corrected chi connectivity index (χ2v) is 7.09. The molecule has 1 saturated carbocycles. The number of benzene rings is 1. The molecule has 26 heavy (non-hydrogen) atoms. The number of nitrogens with one attached hydrogen (secondary N) is 2. The van der Waals surface area contributed by atoms with Gasteiger partial charge in [-0.2, -0.15) is 0 Å². The highest BCUT2D eigenvalue weighted by molar-refractivity contribution is 5.79. The van der Waals surface area contributed by atoms with E-state index in [4.69, 9.17) is 14.5 Å². The van der Waals surface area contributed by atoms with Crippen molar-refractivity contribution < 1.29 is 9.47 Å². The van der Waals surface area contributed by atoms with Crippen LogP contribution in [0.4, 0.5) is 0 Å². The first-order chi connectivity index (χ1) is 12.8. The topological polar surface area (TPSA) is 54.9 Å². The molecular formula is C21H35N3O2. The zero-order chi connectivity index (χ0) is 18.5. The molecule has 1 fully saturated rings. The molecule has 2 N–H and O–H groups in total. The molecule has 0 unspecified atom stereocenters. The molecular weight excluding hydrogens is 326 g/mol. The molecule has 0 aromatic heterocycles. The highest BCUT2D eigenvalue weighted by Crippen LogP contribution is 2.44. The Morgan fingerprint density at radius 1 is 1.12 bits per heavy atom. The molecule has 1 aliphatic carbocycles. The van der Waals surface area contributed by atoms with Crippen LogP contribution in [0.15, 0.2) is 35.3 Å². The quantitative estimate of drug-likeness (QED) is 0.339. The lowest BCUT2D eigenvalue weighted by atomic mass is 9.67. The van der Waals surface area contributed by atoms with E-state index in [9.17, 15) is 0 Å². The molecule has 0 aliphatic heterocycles. The Bertz CT molecular complexity index is 515. The summed E-state index contributed by atoms with van der Waals surface area (Å²) in [5.74, 6) is 1.87. The third kappa shape index (κ3) is 7.24. The number of unbranched alkanes of at least 4 members (excludes halogenated alkanes) is 1. The number of hydrogen-bond donors (Lipinski definition) is 2. The second-order valence-electron chi connectivity index (χ2n) is 7.09. The highest BCUT2D eigenvalue weighted by atomic mass is 16.5. The highest BCUT2D eigenvalue weighted by Gasteiger charge is 2.36. The van der Waals surface area contributed by atoms with Crippen molar-refractivity contribution in [1.29, 1.82) is 0 Å². The number of aliphatic imine (C=N–C) groups is 1. The maximum Gasteiger partial charge on any atom is 0.191 e. The first kappa shape index (κ1) is 20.6. The summed E-state index contributed by atoms with van der Waals surface area (Å²) in [5, 5.41) is 6.80. The van der Waals surface area contributed by atoms with Gasteiger partial charge < -0.3 is 20.1 Å². The lowest BCUT2D eigenvalue weighted by molar-refractivity contribution is 0.0778. The van der Waals surface area contributed by atoms with E-state index in [0.29, 0.717) is 5.41 Å². The summed E-state index contributed by atoms with van der Waals surface area (Å²) in [5.41, 5.74) is 0.363. The van der Waals surface area contributed by atoms with Crippen molar-refractivity contribution in [3.8, 4) is 5.75 Å². The van der Waals surface area contributed by atoms with Gasteiger partial charge in [-0.25, -0.2) is 0 Å². The second kappa shape index (κ2) is 11.8. The summed E-state index contributed by atoms with van der Waals surface area (Å²) in [6.45, 7) is 6.38. The Morgan fingerprint density at radius 3 is 2.58 bits per heavy atom. The van der Waals surface area contributed by atoms with E-state index in [-0.39, 0.29) is 0 Å². The molecule has 0 spiro atoms. The van der Waals surface area contributed by atoms with Crippen molar-refractivity contribution in [3.05, 3.63) is 30.3 Å². The largest absolute Gasteiger partial charge is 0.494 e. The number of para-hydroxylation sites is 1. The first-order valence-electron chi connectivity index (χ1n) is 9.97. The van der Waals surface area contributed by atoms with Crippen LogP contribution >= 0.6 is 0 Å². The smallest absolute Gasteiger partial charge is 0.191 e. The van der Waals surface area contributed by atoms with E-state index in [1.54, 1.807) is 7.11 Å². The van der Waals surface area contributed by atoms with Crippen molar-refractivity contribution >= 4 is 5.96 Å². The average Bonchev–Trinajstić information content (AvgIpc) is 2.64. The monoisotopic (exact) mass is 361 g/mol. The van der Waals surface area contributed by atoms with Crippen LogP contribution in [-0.4, -0.2) is 45.9 Å². The predicted molar refractivity (Wildman–Crippen MR) is 108 cm³/mol. The Balaban J connectivity index is 1.65. The summed E-state index contributed by atoms with van der Waals surface area (Å²) in [4.78, 5) is 4.83. The number of methoxy groups -OCH3 is 1. The number of rotatable bonds is 12. The molecule has 146 valence electrons. The van der Waals surface area contributed by atoms with E-state index in [1.165, 1.54) is 19.3 Å². The van der Waals surface area contributed by atoms with Crippen LogP contribution < -0.4 is 15.4 Å². The molecule has 0 bridgehead atoms. The molecule has 5 nitrogen and oxygen atoms in total. The Labute approximate surface area is 158 Å². The number of hydrogen-bond acceptors (Lipinski definition) is 3. The zero-order valence-electron chi connectivity index (χ0n) is 16.4. The van der Waals surface area contributed by atoms with Gasteiger partial charge in [0, 0.05) is 33.4 Å². The van der Waals surface area contributed by atoms with E-state index >= 15 is 0 Å². The molecule has 1 aromatic rings. The van der Waals surface area contributed by atoms with Gasteiger partial charge in [0.2, 0.25) is 0 Å². The molecule has 0 heterocycles. The van der Waals surface area contributed by atoms with Gasteiger partial charge in [-0.1, -0.05) is 24.6 Å². The molecule has 0 saturated heterocycles. The summed E-state index contributed by atoms with van der Waals surface area (Å²) in [6, 6.07) is 9.98. The third-order valence-corrected chi connectivity index (χ3v) is 5.04. The maximum atomic E-state index is 5.73. The van der Waals surface area contributed by atoms with Crippen LogP contribution in [0.25, 0.3) is 0 Å². The molecule has 0 amide bonds. The van der Waals surface area contributed by atoms with Gasteiger partial charge in [0.25, 0.3) is 0 Å². The fraction of sp³-hybridized carbons (Fsp3) is 0.667. The van der Waals surface area contributed by atoms with Crippen molar-refractivity contribution in [1.82, 2.24) is 10.6 Å². The number of guanidine groups is 1. The van der Waals surface area contributed by atoms with Crippen molar-refractivity contribution in [2.75, 3.05) is 40.0 Å². The Kier molecular flexibility index (Phi) is 9.32. The fourth-order valence-electron chi connectivity index (χ4n) is 3.21. The van der Waals surface area contributed by atoms with Crippen molar-refractivity contribution in [2.45, 2.75) is 45.4 Å². The van der Waals surface area contributed by atoms with E-state index in [1.807, 2.05) is 30.3 Å². The molecule has 5 heteroatoms. The van der Waals surface area contributed by atoms with Crippen LogP contribution in [0, 0.1) is 5.41 Å². The molecule has 2 rings (SSSR count). The van der Waals surface area contributed by atoms with Gasteiger partial charge >= 0.3 is 0 Å². The van der Waals surface area contributed by atoms with Crippen LogP contribution in [0.1, 0.15) is 45.4 Å². The summed E-state index contributed by atoms with van der Waals surface area (Å²) in [6.07, 6.45) is 7.07. The summed E-state index contributed by atoms with van der Waals surface area (Å²) < 4.78 is 11.0. The molecule has 0 radical (unpaired) electrons. The van der Waals surface area contributed by atoms with E-state index < -0.39 is 0 Å². The van der Waals surface area contributed by atoms with Crippen LogP contribution in [0.2, 0.25) is 0 Å². The minimum atomic E-state index is 0.363. The number of ether oxygens (including phenoxy) is 2. The average molecular weight is 362 g/mol. The van der Waals surface area contributed by atoms with E-state index in [0.717, 1.165) is 63.8 Å². The summed E-state index contributed by atoms with van der Waals surface area (Å²) >= 11 is 0. The molecule has 1 aromatic carbocycles. The van der Waals surface area contributed by atoms with Crippen molar-refractivity contribution in [2.24, 2.45) is 10.4 Å². The first-order valence-corrected chi connectivity index (χ1v) is 9.97. The molecule has 0 atom stereocenters. The van der Waals surface area contributed by atoms with Gasteiger partial charge in [0.15, 0.2) is 5.96 Å².